The van der Waals surface area contributed by atoms with Crippen molar-refractivity contribution in [2.45, 2.75) is 27.7 Å². The van der Waals surface area contributed by atoms with E-state index in [-0.39, 0.29) is 11.8 Å². The maximum absolute atomic E-state index is 14.9. The van der Waals surface area contributed by atoms with Gasteiger partial charge in [-0.2, -0.15) is 0 Å². The number of benzene rings is 3. The molecule has 4 nitrogen and oxygen atoms in total. The fraction of sp³-hybridized carbons (Fsp3) is 0.192. The molecule has 0 amide bonds. The van der Waals surface area contributed by atoms with Gasteiger partial charge in [-0.15, -0.1) is 0 Å². The molecule has 32 heavy (non-hydrogen) atoms. The van der Waals surface area contributed by atoms with E-state index >= 15 is 0 Å². The molecule has 0 N–H and O–H groups in total. The summed E-state index contributed by atoms with van der Waals surface area (Å²) in [6, 6.07) is 18.7. The lowest BCUT2D eigenvalue weighted by atomic mass is 9.97. The Morgan fingerprint density at radius 1 is 0.875 bits per heavy atom. The molecular weight excluding hydrogens is 427 g/mol. The van der Waals surface area contributed by atoms with E-state index in [0.29, 0.717) is 33.1 Å². The van der Waals surface area contributed by atoms with Crippen LogP contribution in [0.25, 0.3) is 22.3 Å². The largest absolute Gasteiger partial charge is 0.426 e. The molecule has 166 valence electrons. The zero-order valence-corrected chi connectivity index (χ0v) is 19.3. The minimum Gasteiger partial charge on any atom is -0.426 e. The summed E-state index contributed by atoms with van der Waals surface area (Å²) in [4.78, 5) is 12.4. The summed E-state index contributed by atoms with van der Waals surface area (Å²) in [5, 5.41) is 0. The monoisotopic (exact) mass is 452 g/mol. The average molecular weight is 453 g/mol. The fourth-order valence-corrected chi connectivity index (χ4v) is 3.18. The van der Waals surface area contributed by atoms with Gasteiger partial charge in [0.15, 0.2) is 0 Å². The number of allylic oxidation sites excluding steroid dienone is 1. The molecule has 0 aromatic heterocycles. The van der Waals surface area contributed by atoms with E-state index in [2.05, 4.69) is 6.58 Å². The zero-order chi connectivity index (χ0) is 23.5. The lowest BCUT2D eigenvalue weighted by molar-refractivity contribution is -0.142. The summed E-state index contributed by atoms with van der Waals surface area (Å²) in [6.45, 7) is 10.6. The topological polar surface area (TPSA) is 52.6 Å². The van der Waals surface area contributed by atoms with Crippen LogP contribution in [0.1, 0.15) is 27.7 Å². The van der Waals surface area contributed by atoms with Crippen molar-refractivity contribution in [3.05, 3.63) is 84.0 Å². The van der Waals surface area contributed by atoms with Gasteiger partial charge in [-0.25, -0.2) is 8.60 Å². The van der Waals surface area contributed by atoms with Crippen LogP contribution in [0.3, 0.4) is 0 Å². The Hall–Kier alpha value is -3.25. The Balaban J connectivity index is 1.76. The third-order valence-corrected chi connectivity index (χ3v) is 5.51. The van der Waals surface area contributed by atoms with Gasteiger partial charge in [-0.3, -0.25) is 4.79 Å². The van der Waals surface area contributed by atoms with Crippen molar-refractivity contribution in [1.29, 1.82) is 0 Å². The highest BCUT2D eigenvalue weighted by Gasteiger charge is 2.23. The van der Waals surface area contributed by atoms with Crippen LogP contribution >= 0.6 is 0 Å². The number of hydrogen-bond donors (Lipinski definition) is 0. The molecule has 6 heteroatoms. The average Bonchev–Trinajstić information content (AvgIpc) is 2.74. The molecule has 0 aliphatic rings. The second-order valence-corrected chi connectivity index (χ2v) is 9.74. The SMILES string of the molecule is C=C(C)S(=O)Oc1ccc(-c2ccc(-c3ccc(OC(=O)C(C)(C)C)cc3)cc2F)cc1. The molecule has 3 rings (SSSR count). The Labute approximate surface area is 190 Å². The van der Waals surface area contributed by atoms with E-state index in [0.717, 1.165) is 5.56 Å². The van der Waals surface area contributed by atoms with E-state index in [9.17, 15) is 13.4 Å². The third-order valence-electron chi connectivity index (χ3n) is 4.60. The second kappa shape index (κ2) is 9.49. The number of carbonyl (C=O) groups is 1. The molecule has 0 heterocycles. The van der Waals surface area contributed by atoms with Crippen molar-refractivity contribution in [2.24, 2.45) is 5.41 Å². The van der Waals surface area contributed by atoms with E-state index in [1.54, 1.807) is 82.3 Å². The van der Waals surface area contributed by atoms with Gasteiger partial charge in [0.05, 0.1) is 5.41 Å². The molecule has 0 saturated heterocycles. The number of esters is 1. The molecule has 0 saturated carbocycles. The minimum atomic E-state index is -1.61. The van der Waals surface area contributed by atoms with Crippen molar-refractivity contribution in [3.8, 4) is 33.8 Å². The molecule has 0 bridgehead atoms. The highest BCUT2D eigenvalue weighted by molar-refractivity contribution is 7.84. The van der Waals surface area contributed by atoms with Gasteiger partial charge in [0, 0.05) is 10.5 Å². The summed E-state index contributed by atoms with van der Waals surface area (Å²) in [7, 11) is 0. The number of halogens is 1. The summed E-state index contributed by atoms with van der Waals surface area (Å²) in [5.41, 5.74) is 2.03. The first kappa shape index (κ1) is 23.4. The fourth-order valence-electron chi connectivity index (χ4n) is 2.75. The van der Waals surface area contributed by atoms with Crippen molar-refractivity contribution in [2.75, 3.05) is 0 Å². The molecule has 0 radical (unpaired) electrons. The van der Waals surface area contributed by atoms with Gasteiger partial charge in [0.1, 0.15) is 17.3 Å². The quantitative estimate of drug-likeness (QED) is 0.309. The van der Waals surface area contributed by atoms with Crippen LogP contribution in [0.15, 0.2) is 78.2 Å². The van der Waals surface area contributed by atoms with E-state index in [4.69, 9.17) is 8.92 Å². The van der Waals surface area contributed by atoms with Gasteiger partial charge in [0.25, 0.3) is 0 Å². The maximum atomic E-state index is 14.9. The predicted octanol–water partition coefficient (Wildman–Crippen LogP) is 6.69. The molecule has 0 aliphatic heterocycles. The summed E-state index contributed by atoms with van der Waals surface area (Å²) in [6.07, 6.45) is 0. The highest BCUT2D eigenvalue weighted by atomic mass is 32.2. The van der Waals surface area contributed by atoms with Gasteiger partial charge in [-0.05, 0) is 74.7 Å². The van der Waals surface area contributed by atoms with Gasteiger partial charge >= 0.3 is 5.97 Å². The van der Waals surface area contributed by atoms with E-state index in [1.165, 1.54) is 6.07 Å². The lowest BCUT2D eigenvalue weighted by Gasteiger charge is -2.16. The molecular formula is C26H25FO4S. The van der Waals surface area contributed by atoms with E-state index < -0.39 is 16.5 Å². The van der Waals surface area contributed by atoms with Crippen LogP contribution in [0.5, 0.6) is 11.5 Å². The molecule has 1 atom stereocenters. The smallest absolute Gasteiger partial charge is 0.316 e. The highest BCUT2D eigenvalue weighted by Crippen LogP contribution is 2.30. The second-order valence-electron chi connectivity index (χ2n) is 8.40. The van der Waals surface area contributed by atoms with Crippen LogP contribution in [0.4, 0.5) is 4.39 Å². The number of rotatable bonds is 6. The standard InChI is InChI=1S/C26H25FO4S/c1-17(2)32(29)31-22-13-8-19(9-14-22)23-15-10-20(16-24(23)27)18-6-11-21(12-7-18)30-25(28)26(3,4)5/h6-16H,1H2,2-5H3. The Morgan fingerprint density at radius 2 is 1.41 bits per heavy atom. The molecule has 3 aromatic rings. The molecule has 0 fully saturated rings. The first-order chi connectivity index (χ1) is 15.0. The van der Waals surface area contributed by atoms with Crippen molar-refractivity contribution < 1.29 is 22.3 Å². The van der Waals surface area contributed by atoms with Gasteiger partial charge in [0.2, 0.25) is 11.1 Å². The van der Waals surface area contributed by atoms with Gasteiger partial charge in [-0.1, -0.05) is 43.0 Å². The summed E-state index contributed by atoms with van der Waals surface area (Å²) in [5.74, 6) is 0.174. The van der Waals surface area contributed by atoms with Crippen LogP contribution in [0, 0.1) is 11.2 Å². The minimum absolute atomic E-state index is 0.317. The lowest BCUT2D eigenvalue weighted by Crippen LogP contribution is -2.25. The van der Waals surface area contributed by atoms with Crippen molar-refractivity contribution in [3.63, 3.8) is 0 Å². The normalized spacial score (nSPS) is 12.2. The van der Waals surface area contributed by atoms with Crippen LogP contribution < -0.4 is 8.92 Å². The maximum Gasteiger partial charge on any atom is 0.316 e. The van der Waals surface area contributed by atoms with E-state index in [1.807, 2.05) is 6.07 Å². The zero-order valence-electron chi connectivity index (χ0n) is 18.5. The number of hydrogen-bond acceptors (Lipinski definition) is 4. The molecule has 3 aromatic carbocycles. The van der Waals surface area contributed by atoms with Crippen LogP contribution in [0.2, 0.25) is 0 Å². The van der Waals surface area contributed by atoms with Crippen molar-refractivity contribution in [1.82, 2.24) is 0 Å². The Bertz CT molecular complexity index is 1160. The first-order valence-corrected chi connectivity index (χ1v) is 11.1. The third kappa shape index (κ3) is 5.71. The van der Waals surface area contributed by atoms with Gasteiger partial charge < -0.3 is 8.92 Å². The Morgan fingerprint density at radius 3 is 1.94 bits per heavy atom. The van der Waals surface area contributed by atoms with Crippen molar-refractivity contribution >= 4 is 17.0 Å². The number of carbonyl (C=O) groups excluding carboxylic acids is 1. The summed E-state index contributed by atoms with van der Waals surface area (Å²) >= 11 is -1.61. The van der Waals surface area contributed by atoms with Crippen LogP contribution in [-0.2, 0) is 15.9 Å². The van der Waals surface area contributed by atoms with Crippen LogP contribution in [-0.4, -0.2) is 10.2 Å². The molecule has 1 unspecified atom stereocenters. The molecule has 0 spiro atoms. The molecule has 0 aliphatic carbocycles. The first-order valence-electron chi connectivity index (χ1n) is 10.0. The predicted molar refractivity (Wildman–Crippen MR) is 126 cm³/mol. The number of ether oxygens (including phenoxy) is 1. The Kier molecular flexibility index (Phi) is 6.94. The summed E-state index contributed by atoms with van der Waals surface area (Å²) < 4.78 is 37.2.